The third-order valence-corrected chi connectivity index (χ3v) is 6.42. The van der Waals surface area contributed by atoms with Gasteiger partial charge in [-0.3, -0.25) is 9.91 Å². The molecular formula is C28H29N3O2. The largest absolute Gasteiger partial charge is 0.508 e. The molecule has 1 saturated heterocycles. The molecule has 2 N–H and O–H groups in total. The highest BCUT2D eigenvalue weighted by Gasteiger charge is 2.43. The number of likely N-dealkylation sites (tertiary alicyclic amines) is 1. The molecule has 0 amide bonds. The van der Waals surface area contributed by atoms with Crippen LogP contribution in [0.1, 0.15) is 30.5 Å². The SMILES string of the molecule is CCCN1C/C(=C\c2ccc(O)cc2)C2=NN(c3ccccc3)C(c3ccc(O)cc3)C2C1. The number of benzene rings is 3. The van der Waals surface area contributed by atoms with Crippen molar-refractivity contribution in [1.29, 1.82) is 0 Å². The number of para-hydroxylation sites is 1. The zero-order chi connectivity index (χ0) is 22.8. The Morgan fingerprint density at radius 2 is 1.58 bits per heavy atom. The van der Waals surface area contributed by atoms with E-state index in [0.29, 0.717) is 0 Å². The highest BCUT2D eigenvalue weighted by Crippen LogP contribution is 2.43. The van der Waals surface area contributed by atoms with Gasteiger partial charge in [0.05, 0.1) is 17.4 Å². The van der Waals surface area contributed by atoms with Crippen molar-refractivity contribution in [3.63, 3.8) is 0 Å². The number of piperidine rings is 1. The Labute approximate surface area is 194 Å². The summed E-state index contributed by atoms with van der Waals surface area (Å²) in [6, 6.07) is 25.2. The zero-order valence-corrected chi connectivity index (χ0v) is 18.8. The van der Waals surface area contributed by atoms with Gasteiger partial charge in [0.1, 0.15) is 11.5 Å². The molecule has 2 atom stereocenters. The normalized spacial score (nSPS) is 21.8. The van der Waals surface area contributed by atoms with E-state index in [1.54, 1.807) is 24.3 Å². The fourth-order valence-corrected chi connectivity index (χ4v) is 4.95. The van der Waals surface area contributed by atoms with Gasteiger partial charge in [0, 0.05) is 19.0 Å². The minimum atomic E-state index is 0.0471. The van der Waals surface area contributed by atoms with E-state index in [4.69, 9.17) is 5.10 Å². The van der Waals surface area contributed by atoms with Gasteiger partial charge in [-0.25, -0.2) is 0 Å². The lowest BCUT2D eigenvalue weighted by Crippen LogP contribution is -2.44. The molecule has 2 aliphatic rings. The summed E-state index contributed by atoms with van der Waals surface area (Å²) in [6.07, 6.45) is 3.30. The van der Waals surface area contributed by atoms with Crippen LogP contribution in [0.2, 0.25) is 0 Å². The van der Waals surface area contributed by atoms with Gasteiger partial charge in [0.25, 0.3) is 0 Å². The topological polar surface area (TPSA) is 59.3 Å². The Morgan fingerprint density at radius 1 is 0.909 bits per heavy atom. The predicted molar refractivity (Wildman–Crippen MR) is 134 cm³/mol. The van der Waals surface area contributed by atoms with Crippen LogP contribution in [0.15, 0.2) is 89.5 Å². The number of hydrazone groups is 1. The first-order valence-electron chi connectivity index (χ1n) is 11.6. The van der Waals surface area contributed by atoms with Crippen LogP contribution in [0.5, 0.6) is 11.5 Å². The van der Waals surface area contributed by atoms with Crippen molar-refractivity contribution >= 4 is 17.5 Å². The molecule has 5 heteroatoms. The fraction of sp³-hybridized carbons (Fsp3) is 0.250. The standard InChI is InChI=1S/C28H29N3O2/c1-2-16-30-18-22(17-20-8-12-24(32)13-9-20)27-26(19-30)28(21-10-14-25(33)15-11-21)31(29-27)23-6-4-3-5-7-23/h3-15,17,26,28,32-33H,2,16,18-19H2,1H3/b22-17+. The van der Waals surface area contributed by atoms with Crippen LogP contribution < -0.4 is 5.01 Å². The number of hydrogen-bond acceptors (Lipinski definition) is 5. The monoisotopic (exact) mass is 439 g/mol. The summed E-state index contributed by atoms with van der Waals surface area (Å²) < 4.78 is 0. The maximum absolute atomic E-state index is 9.88. The minimum Gasteiger partial charge on any atom is -0.508 e. The molecule has 0 spiro atoms. The highest BCUT2D eigenvalue weighted by atomic mass is 16.3. The van der Waals surface area contributed by atoms with Crippen LogP contribution in [-0.2, 0) is 0 Å². The second kappa shape index (κ2) is 9.12. The molecule has 0 saturated carbocycles. The van der Waals surface area contributed by atoms with Crippen molar-refractivity contribution in [2.24, 2.45) is 11.0 Å². The summed E-state index contributed by atoms with van der Waals surface area (Å²) in [5.41, 5.74) is 5.60. The highest BCUT2D eigenvalue weighted by molar-refractivity contribution is 6.09. The van der Waals surface area contributed by atoms with Crippen molar-refractivity contribution in [3.05, 3.63) is 95.6 Å². The second-order valence-corrected chi connectivity index (χ2v) is 8.80. The van der Waals surface area contributed by atoms with E-state index in [1.165, 1.54) is 5.57 Å². The number of anilines is 1. The maximum Gasteiger partial charge on any atom is 0.115 e. The molecule has 2 heterocycles. The molecule has 5 nitrogen and oxygen atoms in total. The van der Waals surface area contributed by atoms with Crippen molar-refractivity contribution in [2.75, 3.05) is 24.6 Å². The molecule has 33 heavy (non-hydrogen) atoms. The van der Waals surface area contributed by atoms with Gasteiger partial charge in [-0.2, -0.15) is 5.10 Å². The quantitative estimate of drug-likeness (QED) is 0.556. The van der Waals surface area contributed by atoms with Gasteiger partial charge >= 0.3 is 0 Å². The summed E-state index contributed by atoms with van der Waals surface area (Å²) in [5.74, 6) is 0.749. The first-order chi connectivity index (χ1) is 16.1. The van der Waals surface area contributed by atoms with Gasteiger partial charge in [-0.05, 0) is 72.1 Å². The molecule has 0 radical (unpaired) electrons. The van der Waals surface area contributed by atoms with Gasteiger partial charge in [-0.15, -0.1) is 0 Å². The molecule has 1 fully saturated rings. The van der Waals surface area contributed by atoms with E-state index in [2.05, 4.69) is 35.0 Å². The van der Waals surface area contributed by atoms with Crippen LogP contribution >= 0.6 is 0 Å². The van der Waals surface area contributed by atoms with Gasteiger partial charge in [0.15, 0.2) is 0 Å². The Bertz CT molecular complexity index is 1150. The Balaban J connectivity index is 1.61. The van der Waals surface area contributed by atoms with Crippen LogP contribution in [-0.4, -0.2) is 40.5 Å². The van der Waals surface area contributed by atoms with E-state index < -0.39 is 0 Å². The summed E-state index contributed by atoms with van der Waals surface area (Å²) in [7, 11) is 0. The number of hydrogen-bond donors (Lipinski definition) is 2. The number of fused-ring (bicyclic) bond motifs is 1. The van der Waals surface area contributed by atoms with E-state index in [0.717, 1.165) is 48.6 Å². The molecular weight excluding hydrogens is 410 g/mol. The predicted octanol–water partition coefficient (Wildman–Crippen LogP) is 5.44. The molecule has 3 aromatic rings. The van der Waals surface area contributed by atoms with Crippen molar-refractivity contribution < 1.29 is 10.2 Å². The molecule has 3 aromatic carbocycles. The summed E-state index contributed by atoms with van der Waals surface area (Å²) in [6.45, 7) is 5.04. The van der Waals surface area contributed by atoms with Crippen LogP contribution in [0.4, 0.5) is 5.69 Å². The van der Waals surface area contributed by atoms with Crippen molar-refractivity contribution in [3.8, 4) is 11.5 Å². The minimum absolute atomic E-state index is 0.0471. The lowest BCUT2D eigenvalue weighted by molar-refractivity contribution is 0.253. The Hall–Kier alpha value is -3.57. The molecule has 168 valence electrons. The number of aromatic hydroxyl groups is 2. The van der Waals surface area contributed by atoms with E-state index >= 15 is 0 Å². The van der Waals surface area contributed by atoms with Crippen LogP contribution in [0, 0.1) is 5.92 Å². The average molecular weight is 440 g/mol. The maximum atomic E-state index is 9.88. The van der Waals surface area contributed by atoms with E-state index in [-0.39, 0.29) is 23.5 Å². The summed E-state index contributed by atoms with van der Waals surface area (Å²) >= 11 is 0. The van der Waals surface area contributed by atoms with Gasteiger partial charge in [0.2, 0.25) is 0 Å². The summed E-state index contributed by atoms with van der Waals surface area (Å²) in [4.78, 5) is 2.51. The van der Waals surface area contributed by atoms with Crippen LogP contribution in [0.3, 0.4) is 0 Å². The number of rotatable bonds is 5. The second-order valence-electron chi connectivity index (χ2n) is 8.80. The van der Waals surface area contributed by atoms with Gasteiger partial charge in [-0.1, -0.05) is 49.4 Å². The van der Waals surface area contributed by atoms with Gasteiger partial charge < -0.3 is 10.2 Å². The van der Waals surface area contributed by atoms with E-state index in [1.807, 2.05) is 42.5 Å². The van der Waals surface area contributed by atoms with Crippen molar-refractivity contribution in [2.45, 2.75) is 19.4 Å². The fourth-order valence-electron chi connectivity index (χ4n) is 4.95. The number of phenols is 2. The smallest absolute Gasteiger partial charge is 0.115 e. The van der Waals surface area contributed by atoms with E-state index in [9.17, 15) is 10.2 Å². The molecule has 5 rings (SSSR count). The lowest BCUT2D eigenvalue weighted by atomic mass is 9.83. The third kappa shape index (κ3) is 4.37. The average Bonchev–Trinajstić information content (AvgIpc) is 3.22. The van der Waals surface area contributed by atoms with Crippen LogP contribution in [0.25, 0.3) is 6.08 Å². The lowest BCUT2D eigenvalue weighted by Gasteiger charge is -2.36. The number of phenolic OH excluding ortho intramolecular Hbond substituents is 2. The Kier molecular flexibility index (Phi) is 5.88. The first-order valence-corrected chi connectivity index (χ1v) is 11.6. The molecule has 2 unspecified atom stereocenters. The molecule has 2 aliphatic heterocycles. The van der Waals surface area contributed by atoms with Crippen molar-refractivity contribution in [1.82, 2.24) is 4.90 Å². The zero-order valence-electron chi connectivity index (χ0n) is 18.8. The summed E-state index contributed by atoms with van der Waals surface area (Å²) in [5, 5.41) is 26.9. The molecule has 0 aromatic heterocycles. The third-order valence-electron chi connectivity index (χ3n) is 6.42. The Morgan fingerprint density at radius 3 is 2.24 bits per heavy atom. The first kappa shape index (κ1) is 21.3. The number of nitrogens with zero attached hydrogens (tertiary/aromatic N) is 3. The molecule has 0 bridgehead atoms. The molecule has 0 aliphatic carbocycles.